The summed E-state index contributed by atoms with van der Waals surface area (Å²) >= 11 is 3.45. The highest BCUT2D eigenvalue weighted by molar-refractivity contribution is 9.10. The number of nitrogens with one attached hydrogen (secondary N) is 1. The number of pyridine rings is 1. The van der Waals surface area contributed by atoms with Gasteiger partial charge in [0, 0.05) is 35.4 Å². The van der Waals surface area contributed by atoms with E-state index in [2.05, 4.69) is 32.3 Å². The summed E-state index contributed by atoms with van der Waals surface area (Å²) in [6.45, 7) is 1.72. The van der Waals surface area contributed by atoms with Crippen molar-refractivity contribution >= 4 is 15.9 Å². The molecule has 0 spiro atoms. The first-order chi connectivity index (χ1) is 7.79. The van der Waals surface area contributed by atoms with Crippen LogP contribution in [-0.4, -0.2) is 31.3 Å². The molecule has 4 heteroatoms. The molecule has 1 N–H and O–H groups in total. The summed E-state index contributed by atoms with van der Waals surface area (Å²) in [5.41, 5.74) is 1.27. The Hall–Kier alpha value is -0.450. The molecule has 2 unspecified atom stereocenters. The van der Waals surface area contributed by atoms with Gasteiger partial charge in [0.05, 0.1) is 6.61 Å². The molecule has 1 aliphatic rings. The van der Waals surface area contributed by atoms with Gasteiger partial charge in [0.1, 0.15) is 0 Å². The number of halogens is 1. The van der Waals surface area contributed by atoms with Crippen molar-refractivity contribution in [3.63, 3.8) is 0 Å². The zero-order chi connectivity index (χ0) is 11.4. The molecule has 88 valence electrons. The molecule has 16 heavy (non-hydrogen) atoms. The smallest absolute Gasteiger partial charge is 0.0512 e. The summed E-state index contributed by atoms with van der Waals surface area (Å²) in [4.78, 5) is 4.19. The summed E-state index contributed by atoms with van der Waals surface area (Å²) in [5, 5.41) is 3.38. The topological polar surface area (TPSA) is 34.1 Å². The van der Waals surface area contributed by atoms with Gasteiger partial charge in [-0.05, 0) is 47.4 Å². The lowest BCUT2D eigenvalue weighted by molar-refractivity contribution is 0.0342. The number of nitrogens with zero attached hydrogens (tertiary/aromatic N) is 1. The number of rotatable bonds is 3. The van der Waals surface area contributed by atoms with E-state index < -0.39 is 0 Å². The second-order valence-electron chi connectivity index (χ2n) is 4.23. The molecule has 3 nitrogen and oxygen atoms in total. The molecule has 1 aromatic rings. The van der Waals surface area contributed by atoms with Gasteiger partial charge in [0.2, 0.25) is 0 Å². The minimum Gasteiger partial charge on any atom is -0.381 e. The Balaban J connectivity index is 2.02. The Morgan fingerprint density at radius 3 is 3.19 bits per heavy atom. The molecule has 1 aromatic heterocycles. The fourth-order valence-electron chi connectivity index (χ4n) is 2.25. The second kappa shape index (κ2) is 5.75. The summed E-state index contributed by atoms with van der Waals surface area (Å²) in [5.74, 6) is 0.551. The second-order valence-corrected chi connectivity index (χ2v) is 5.15. The molecular formula is C12H17BrN2O. The molecule has 2 atom stereocenters. The Morgan fingerprint density at radius 2 is 2.44 bits per heavy atom. The van der Waals surface area contributed by atoms with Crippen LogP contribution in [0.1, 0.15) is 12.0 Å². The average Bonchev–Trinajstić information content (AvgIpc) is 2.30. The number of ether oxygens (including phenoxy) is 1. The lowest BCUT2D eigenvalue weighted by Crippen LogP contribution is -2.41. The summed E-state index contributed by atoms with van der Waals surface area (Å²) in [6.07, 6.45) is 5.88. The fraction of sp³-hybridized carbons (Fsp3) is 0.583. The standard InChI is InChI=1S/C12H17BrN2O/c1-14-12-2-3-16-8-10(12)4-9-5-11(13)7-15-6-9/h5-7,10,12,14H,2-4,8H2,1H3. The molecule has 1 fully saturated rings. The van der Waals surface area contributed by atoms with E-state index in [1.807, 2.05) is 19.4 Å². The van der Waals surface area contributed by atoms with Gasteiger partial charge in [-0.15, -0.1) is 0 Å². The molecule has 0 aromatic carbocycles. The SMILES string of the molecule is CNC1CCOCC1Cc1cncc(Br)c1. The maximum absolute atomic E-state index is 5.54. The average molecular weight is 285 g/mol. The van der Waals surface area contributed by atoms with Crippen LogP contribution in [0.2, 0.25) is 0 Å². The van der Waals surface area contributed by atoms with E-state index in [0.29, 0.717) is 12.0 Å². The van der Waals surface area contributed by atoms with Crippen LogP contribution in [-0.2, 0) is 11.2 Å². The normalized spacial score (nSPS) is 25.6. The minimum absolute atomic E-state index is 0.551. The molecule has 1 saturated heterocycles. The van der Waals surface area contributed by atoms with Crippen LogP contribution >= 0.6 is 15.9 Å². The molecule has 1 aliphatic heterocycles. The summed E-state index contributed by atoms with van der Waals surface area (Å²) in [6, 6.07) is 2.70. The van der Waals surface area contributed by atoms with Crippen molar-refractivity contribution in [2.75, 3.05) is 20.3 Å². The van der Waals surface area contributed by atoms with Crippen molar-refractivity contribution < 1.29 is 4.74 Å². The van der Waals surface area contributed by atoms with Crippen LogP contribution in [0.3, 0.4) is 0 Å². The molecular weight excluding hydrogens is 268 g/mol. The summed E-state index contributed by atoms with van der Waals surface area (Å²) < 4.78 is 6.59. The van der Waals surface area contributed by atoms with Crippen molar-refractivity contribution in [2.45, 2.75) is 18.9 Å². The van der Waals surface area contributed by atoms with Crippen LogP contribution in [0.4, 0.5) is 0 Å². The molecule has 2 rings (SSSR count). The van der Waals surface area contributed by atoms with Crippen LogP contribution in [0.15, 0.2) is 22.9 Å². The van der Waals surface area contributed by atoms with Gasteiger partial charge in [-0.1, -0.05) is 0 Å². The van der Waals surface area contributed by atoms with E-state index >= 15 is 0 Å². The van der Waals surface area contributed by atoms with Crippen LogP contribution < -0.4 is 5.32 Å². The monoisotopic (exact) mass is 284 g/mol. The minimum atomic E-state index is 0.551. The van der Waals surface area contributed by atoms with Crippen LogP contribution in [0, 0.1) is 5.92 Å². The third-order valence-corrected chi connectivity index (χ3v) is 3.54. The Kier molecular flexibility index (Phi) is 4.32. The third-order valence-electron chi connectivity index (χ3n) is 3.10. The predicted molar refractivity (Wildman–Crippen MR) is 67.4 cm³/mol. The van der Waals surface area contributed by atoms with Crippen LogP contribution in [0.5, 0.6) is 0 Å². The first kappa shape index (κ1) is 12.0. The molecule has 0 saturated carbocycles. The van der Waals surface area contributed by atoms with Gasteiger partial charge in [-0.3, -0.25) is 4.98 Å². The first-order valence-corrected chi connectivity index (χ1v) is 6.43. The van der Waals surface area contributed by atoms with E-state index in [9.17, 15) is 0 Å². The number of hydrogen-bond acceptors (Lipinski definition) is 3. The quantitative estimate of drug-likeness (QED) is 0.922. The molecule has 0 bridgehead atoms. The Morgan fingerprint density at radius 1 is 1.56 bits per heavy atom. The van der Waals surface area contributed by atoms with Crippen LogP contribution in [0.25, 0.3) is 0 Å². The molecule has 0 radical (unpaired) electrons. The zero-order valence-corrected chi connectivity index (χ0v) is 11.0. The van der Waals surface area contributed by atoms with Gasteiger partial charge in [0.25, 0.3) is 0 Å². The highest BCUT2D eigenvalue weighted by Crippen LogP contribution is 2.20. The van der Waals surface area contributed by atoms with E-state index in [4.69, 9.17) is 4.74 Å². The lowest BCUT2D eigenvalue weighted by atomic mass is 9.90. The van der Waals surface area contributed by atoms with Crippen molar-refractivity contribution in [3.05, 3.63) is 28.5 Å². The van der Waals surface area contributed by atoms with Crippen molar-refractivity contribution in [1.82, 2.24) is 10.3 Å². The lowest BCUT2D eigenvalue weighted by Gasteiger charge is -2.31. The zero-order valence-electron chi connectivity index (χ0n) is 9.45. The maximum Gasteiger partial charge on any atom is 0.0512 e. The van der Waals surface area contributed by atoms with Gasteiger partial charge in [-0.2, -0.15) is 0 Å². The first-order valence-electron chi connectivity index (χ1n) is 5.64. The van der Waals surface area contributed by atoms with Crippen molar-refractivity contribution in [2.24, 2.45) is 5.92 Å². The van der Waals surface area contributed by atoms with E-state index in [1.165, 1.54) is 5.56 Å². The fourth-order valence-corrected chi connectivity index (χ4v) is 2.66. The number of aromatic nitrogens is 1. The largest absolute Gasteiger partial charge is 0.381 e. The highest BCUT2D eigenvalue weighted by atomic mass is 79.9. The van der Waals surface area contributed by atoms with E-state index in [-0.39, 0.29) is 0 Å². The van der Waals surface area contributed by atoms with Gasteiger partial charge >= 0.3 is 0 Å². The third kappa shape index (κ3) is 3.03. The molecule has 2 heterocycles. The highest BCUT2D eigenvalue weighted by Gasteiger charge is 2.24. The van der Waals surface area contributed by atoms with E-state index in [0.717, 1.165) is 30.5 Å². The van der Waals surface area contributed by atoms with E-state index in [1.54, 1.807) is 0 Å². The Bertz CT molecular complexity index is 346. The van der Waals surface area contributed by atoms with Gasteiger partial charge in [0.15, 0.2) is 0 Å². The predicted octanol–water partition coefficient (Wildman–Crippen LogP) is 2.01. The van der Waals surface area contributed by atoms with Gasteiger partial charge < -0.3 is 10.1 Å². The number of hydrogen-bond donors (Lipinski definition) is 1. The Labute approximate surface area is 105 Å². The van der Waals surface area contributed by atoms with Crippen molar-refractivity contribution in [3.8, 4) is 0 Å². The summed E-state index contributed by atoms with van der Waals surface area (Å²) in [7, 11) is 2.03. The molecule has 0 aliphatic carbocycles. The van der Waals surface area contributed by atoms with Crippen molar-refractivity contribution in [1.29, 1.82) is 0 Å². The van der Waals surface area contributed by atoms with Gasteiger partial charge in [-0.25, -0.2) is 0 Å². The molecule has 0 amide bonds. The maximum atomic E-state index is 5.54.